The van der Waals surface area contributed by atoms with Gasteiger partial charge in [-0.1, -0.05) is 0 Å². The Hall–Kier alpha value is -1.84. The van der Waals surface area contributed by atoms with E-state index >= 15 is 0 Å². The third-order valence-corrected chi connectivity index (χ3v) is 4.18. The Morgan fingerprint density at radius 2 is 1.75 bits per heavy atom. The van der Waals surface area contributed by atoms with Gasteiger partial charge < -0.3 is 15.1 Å². The molecule has 8 nitrogen and oxygen atoms in total. The van der Waals surface area contributed by atoms with Crippen LogP contribution < -0.4 is 5.14 Å². The van der Waals surface area contributed by atoms with E-state index in [9.17, 15) is 23.4 Å². The Labute approximate surface area is 116 Å². The molecule has 0 spiro atoms. The number of phenolic OH excluding ortho intramolecular Hbond substituents is 2. The topological polar surface area (TPSA) is 124 Å². The Balaban J connectivity index is 2.11. The normalized spacial score (nSPS) is 17.1. The number of hydrogen-bond acceptors (Lipinski definition) is 5. The Kier molecular flexibility index (Phi) is 3.84. The third kappa shape index (κ3) is 3.00. The number of benzene rings is 1. The second-order valence-electron chi connectivity index (χ2n) is 4.44. The molecule has 0 aliphatic carbocycles. The van der Waals surface area contributed by atoms with E-state index in [0.29, 0.717) is 0 Å². The smallest absolute Gasteiger partial charge is 0.277 e. The highest BCUT2D eigenvalue weighted by molar-refractivity contribution is 7.86. The highest BCUT2D eigenvalue weighted by atomic mass is 32.2. The van der Waals surface area contributed by atoms with Crippen molar-refractivity contribution in [3.05, 3.63) is 23.8 Å². The summed E-state index contributed by atoms with van der Waals surface area (Å²) in [6.07, 6.45) is 0. The first-order valence-electron chi connectivity index (χ1n) is 5.88. The lowest BCUT2D eigenvalue weighted by Crippen LogP contribution is -2.52. The van der Waals surface area contributed by atoms with Crippen LogP contribution in [0.25, 0.3) is 0 Å². The van der Waals surface area contributed by atoms with Crippen LogP contribution in [0.4, 0.5) is 0 Å². The third-order valence-electron chi connectivity index (χ3n) is 3.10. The molecule has 1 amide bonds. The van der Waals surface area contributed by atoms with Gasteiger partial charge in [-0.05, 0) is 18.2 Å². The van der Waals surface area contributed by atoms with Crippen LogP contribution in [0, 0.1) is 0 Å². The van der Waals surface area contributed by atoms with Crippen molar-refractivity contribution in [3.63, 3.8) is 0 Å². The van der Waals surface area contributed by atoms with Gasteiger partial charge in [-0.15, -0.1) is 0 Å². The van der Waals surface area contributed by atoms with Gasteiger partial charge in [0.25, 0.3) is 16.1 Å². The number of phenols is 2. The summed E-state index contributed by atoms with van der Waals surface area (Å²) in [4.78, 5) is 13.6. The van der Waals surface area contributed by atoms with E-state index in [2.05, 4.69) is 0 Å². The molecule has 1 fully saturated rings. The number of nitrogens with two attached hydrogens (primary N) is 1. The maximum Gasteiger partial charge on any atom is 0.277 e. The molecule has 1 aliphatic heterocycles. The fourth-order valence-corrected chi connectivity index (χ4v) is 2.68. The van der Waals surface area contributed by atoms with Crippen LogP contribution in [0.1, 0.15) is 10.4 Å². The molecule has 1 saturated heterocycles. The molecule has 1 aromatic rings. The number of rotatable bonds is 2. The molecule has 20 heavy (non-hydrogen) atoms. The number of piperazine rings is 1. The highest BCUT2D eigenvalue weighted by Gasteiger charge is 2.28. The van der Waals surface area contributed by atoms with Crippen molar-refractivity contribution in [2.45, 2.75) is 0 Å². The quantitative estimate of drug-likeness (QED) is 0.608. The molecule has 0 saturated carbocycles. The molecular weight excluding hydrogens is 286 g/mol. The van der Waals surface area contributed by atoms with Crippen LogP contribution in [0.3, 0.4) is 0 Å². The molecule has 0 atom stereocenters. The number of nitrogens with zero attached hydrogens (tertiary/aromatic N) is 2. The molecule has 1 heterocycles. The van der Waals surface area contributed by atoms with Crippen LogP contribution in [-0.4, -0.2) is 59.9 Å². The maximum atomic E-state index is 12.2. The van der Waals surface area contributed by atoms with E-state index in [1.54, 1.807) is 0 Å². The lowest BCUT2D eigenvalue weighted by atomic mass is 10.1. The largest absolute Gasteiger partial charge is 0.508 e. The first kappa shape index (κ1) is 14.6. The summed E-state index contributed by atoms with van der Waals surface area (Å²) in [6, 6.07) is 3.66. The monoisotopic (exact) mass is 301 g/mol. The number of carbonyl (C=O) groups excluding carboxylic acids is 1. The summed E-state index contributed by atoms with van der Waals surface area (Å²) in [7, 11) is -3.75. The average molecular weight is 301 g/mol. The van der Waals surface area contributed by atoms with Crippen LogP contribution in [0.5, 0.6) is 11.5 Å². The number of amides is 1. The fourth-order valence-electron chi connectivity index (χ4n) is 2.01. The Morgan fingerprint density at radius 1 is 1.15 bits per heavy atom. The van der Waals surface area contributed by atoms with Crippen molar-refractivity contribution in [2.75, 3.05) is 26.2 Å². The van der Waals surface area contributed by atoms with E-state index in [4.69, 9.17) is 5.14 Å². The fraction of sp³-hybridized carbons (Fsp3) is 0.364. The van der Waals surface area contributed by atoms with E-state index in [0.717, 1.165) is 4.31 Å². The van der Waals surface area contributed by atoms with Crippen LogP contribution in [-0.2, 0) is 10.2 Å². The predicted molar refractivity (Wildman–Crippen MR) is 70.4 cm³/mol. The molecule has 2 rings (SSSR count). The summed E-state index contributed by atoms with van der Waals surface area (Å²) in [5.74, 6) is -0.830. The molecule has 0 bridgehead atoms. The average Bonchev–Trinajstić information content (AvgIpc) is 2.40. The van der Waals surface area contributed by atoms with Gasteiger partial charge in [0.1, 0.15) is 11.5 Å². The van der Waals surface area contributed by atoms with Crippen molar-refractivity contribution in [1.82, 2.24) is 9.21 Å². The predicted octanol–water partition coefficient (Wildman–Crippen LogP) is -0.941. The summed E-state index contributed by atoms with van der Waals surface area (Å²) < 4.78 is 23.4. The van der Waals surface area contributed by atoms with Gasteiger partial charge in [-0.2, -0.15) is 12.7 Å². The number of hydrogen-bond donors (Lipinski definition) is 3. The Morgan fingerprint density at radius 3 is 2.30 bits per heavy atom. The molecule has 1 aliphatic rings. The van der Waals surface area contributed by atoms with E-state index < -0.39 is 16.1 Å². The van der Waals surface area contributed by atoms with Gasteiger partial charge in [0.2, 0.25) is 0 Å². The molecule has 0 unspecified atom stereocenters. The Bertz CT molecular complexity index is 623. The molecule has 110 valence electrons. The molecule has 4 N–H and O–H groups in total. The van der Waals surface area contributed by atoms with Crippen molar-refractivity contribution < 1.29 is 23.4 Å². The molecular formula is C11H15N3O5S. The van der Waals surface area contributed by atoms with Gasteiger partial charge in [0.15, 0.2) is 0 Å². The zero-order chi connectivity index (χ0) is 14.9. The van der Waals surface area contributed by atoms with Crippen LogP contribution in [0.2, 0.25) is 0 Å². The molecule has 1 aromatic carbocycles. The highest BCUT2D eigenvalue weighted by Crippen LogP contribution is 2.24. The van der Waals surface area contributed by atoms with E-state index in [1.165, 1.54) is 23.1 Å². The van der Waals surface area contributed by atoms with Crippen LogP contribution >= 0.6 is 0 Å². The van der Waals surface area contributed by atoms with Crippen molar-refractivity contribution in [2.24, 2.45) is 5.14 Å². The van der Waals surface area contributed by atoms with E-state index in [-0.39, 0.29) is 43.2 Å². The zero-order valence-electron chi connectivity index (χ0n) is 10.6. The SMILES string of the molecule is NS(=O)(=O)N1CCN(C(=O)c2cc(O)ccc2O)CC1. The first-order valence-corrected chi connectivity index (χ1v) is 7.38. The standard InChI is InChI=1S/C11H15N3O5S/c12-20(18,19)14-5-3-13(4-6-14)11(17)9-7-8(15)1-2-10(9)16/h1-2,7,15-16H,3-6H2,(H2,12,18,19). The number of aromatic hydroxyl groups is 2. The summed E-state index contributed by atoms with van der Waals surface area (Å²) in [6.45, 7) is 0.545. The molecule has 0 aromatic heterocycles. The lowest BCUT2D eigenvalue weighted by Gasteiger charge is -2.33. The van der Waals surface area contributed by atoms with Crippen molar-refractivity contribution in [1.29, 1.82) is 0 Å². The van der Waals surface area contributed by atoms with Crippen molar-refractivity contribution in [3.8, 4) is 11.5 Å². The first-order chi connectivity index (χ1) is 9.29. The summed E-state index contributed by atoms with van der Waals surface area (Å²) >= 11 is 0. The van der Waals surface area contributed by atoms with E-state index in [1.807, 2.05) is 0 Å². The zero-order valence-corrected chi connectivity index (χ0v) is 11.4. The van der Waals surface area contributed by atoms with Gasteiger partial charge in [-0.3, -0.25) is 4.79 Å². The van der Waals surface area contributed by atoms with Gasteiger partial charge >= 0.3 is 0 Å². The minimum absolute atomic E-state index is 0.0194. The minimum atomic E-state index is -3.75. The van der Waals surface area contributed by atoms with Gasteiger partial charge in [-0.25, -0.2) is 5.14 Å². The molecule has 9 heteroatoms. The minimum Gasteiger partial charge on any atom is -0.508 e. The molecule has 0 radical (unpaired) electrons. The van der Waals surface area contributed by atoms with Crippen LogP contribution in [0.15, 0.2) is 18.2 Å². The van der Waals surface area contributed by atoms with Gasteiger partial charge in [0.05, 0.1) is 5.56 Å². The summed E-state index contributed by atoms with van der Waals surface area (Å²) in [5.41, 5.74) is -0.0194. The van der Waals surface area contributed by atoms with Crippen molar-refractivity contribution >= 4 is 16.1 Å². The maximum absolute atomic E-state index is 12.2. The second-order valence-corrected chi connectivity index (χ2v) is 5.98. The van der Waals surface area contributed by atoms with Gasteiger partial charge in [0, 0.05) is 26.2 Å². The lowest BCUT2D eigenvalue weighted by molar-refractivity contribution is 0.0694. The second kappa shape index (κ2) is 5.27. The number of carbonyl (C=O) groups is 1. The summed E-state index contributed by atoms with van der Waals surface area (Å²) in [5, 5.41) is 24.0.